The summed E-state index contributed by atoms with van der Waals surface area (Å²) in [5.74, 6) is 0. The van der Waals surface area contributed by atoms with Crippen LogP contribution < -0.4 is 0 Å². The average molecular weight is 374 g/mol. The summed E-state index contributed by atoms with van der Waals surface area (Å²) in [6.07, 6.45) is -0.392. The van der Waals surface area contributed by atoms with Gasteiger partial charge < -0.3 is 9.64 Å². The molecule has 1 aliphatic rings. The van der Waals surface area contributed by atoms with E-state index >= 15 is 0 Å². The van der Waals surface area contributed by atoms with Gasteiger partial charge in [0, 0.05) is 26.2 Å². The molecule has 3 rings (SSSR count). The van der Waals surface area contributed by atoms with Gasteiger partial charge in [0.05, 0.1) is 11.5 Å². The fourth-order valence-corrected chi connectivity index (χ4v) is 4.35. The Morgan fingerprint density at radius 2 is 1.50 bits per heavy atom. The normalized spacial score (nSPS) is 15.7. The maximum Gasteiger partial charge on any atom is 0.409 e. The van der Waals surface area contributed by atoms with Gasteiger partial charge in [-0.3, -0.25) is 0 Å². The molecular weight excluding hydrogens is 352 g/mol. The van der Waals surface area contributed by atoms with Crippen LogP contribution in [0, 0.1) is 0 Å². The van der Waals surface area contributed by atoms with Crippen molar-refractivity contribution in [1.82, 2.24) is 9.21 Å². The van der Waals surface area contributed by atoms with E-state index in [9.17, 15) is 13.2 Å². The number of amides is 1. The maximum atomic E-state index is 12.8. The standard InChI is InChI=1S/C19H22N2O4S/c1-2-25-19(22)20-12-14-21(15-13-20)26(23,24)18-10-8-17(9-11-18)16-6-4-3-5-7-16/h3-11H,2,12-15H2,1H3. The average Bonchev–Trinajstić information content (AvgIpc) is 2.69. The summed E-state index contributed by atoms with van der Waals surface area (Å²) in [4.78, 5) is 13.5. The lowest BCUT2D eigenvalue weighted by Gasteiger charge is -2.33. The quantitative estimate of drug-likeness (QED) is 0.825. The van der Waals surface area contributed by atoms with Gasteiger partial charge in [0.2, 0.25) is 10.0 Å². The van der Waals surface area contributed by atoms with Gasteiger partial charge in [-0.2, -0.15) is 4.31 Å². The van der Waals surface area contributed by atoms with Crippen molar-refractivity contribution in [2.45, 2.75) is 11.8 Å². The summed E-state index contributed by atoms with van der Waals surface area (Å²) in [7, 11) is -3.57. The highest BCUT2D eigenvalue weighted by Crippen LogP contribution is 2.23. The molecule has 1 heterocycles. The smallest absolute Gasteiger partial charge is 0.409 e. The lowest BCUT2D eigenvalue weighted by atomic mass is 10.1. The molecule has 2 aromatic rings. The highest BCUT2D eigenvalue weighted by molar-refractivity contribution is 7.89. The molecule has 0 saturated carbocycles. The maximum absolute atomic E-state index is 12.8. The minimum absolute atomic E-state index is 0.265. The molecule has 0 spiro atoms. The van der Waals surface area contributed by atoms with Crippen LogP contribution in [0.2, 0.25) is 0 Å². The Labute approximate surface area is 154 Å². The lowest BCUT2D eigenvalue weighted by molar-refractivity contribution is 0.0934. The second-order valence-electron chi connectivity index (χ2n) is 5.98. The molecule has 0 atom stereocenters. The van der Waals surface area contributed by atoms with Crippen molar-refractivity contribution in [1.29, 1.82) is 0 Å². The van der Waals surface area contributed by atoms with Gasteiger partial charge in [0.15, 0.2) is 0 Å². The molecule has 0 aliphatic carbocycles. The number of ether oxygens (including phenoxy) is 1. The first-order chi connectivity index (χ1) is 12.5. The van der Waals surface area contributed by atoms with E-state index in [1.54, 1.807) is 19.1 Å². The molecule has 0 radical (unpaired) electrons. The van der Waals surface area contributed by atoms with E-state index in [0.29, 0.717) is 19.7 Å². The summed E-state index contributed by atoms with van der Waals surface area (Å²) >= 11 is 0. The van der Waals surface area contributed by atoms with Gasteiger partial charge in [-0.15, -0.1) is 0 Å². The molecule has 2 aromatic carbocycles. The first-order valence-corrected chi connectivity index (χ1v) is 10.0. The number of hydrogen-bond acceptors (Lipinski definition) is 4. The lowest BCUT2D eigenvalue weighted by Crippen LogP contribution is -2.50. The Kier molecular flexibility index (Phi) is 5.58. The highest BCUT2D eigenvalue weighted by Gasteiger charge is 2.30. The van der Waals surface area contributed by atoms with Crippen LogP contribution in [-0.4, -0.2) is 56.5 Å². The third-order valence-corrected chi connectivity index (χ3v) is 6.28. The zero-order valence-electron chi connectivity index (χ0n) is 14.7. The van der Waals surface area contributed by atoms with Crippen LogP contribution in [0.1, 0.15) is 6.92 Å². The first kappa shape index (κ1) is 18.4. The fourth-order valence-electron chi connectivity index (χ4n) is 2.92. The zero-order chi connectivity index (χ0) is 18.6. The predicted molar refractivity (Wildman–Crippen MR) is 99.2 cm³/mol. The Hall–Kier alpha value is -2.38. The summed E-state index contributed by atoms with van der Waals surface area (Å²) in [6, 6.07) is 16.7. The number of carbonyl (C=O) groups excluding carboxylic acids is 1. The number of benzene rings is 2. The van der Waals surface area contributed by atoms with Gasteiger partial charge in [-0.25, -0.2) is 13.2 Å². The second-order valence-corrected chi connectivity index (χ2v) is 7.92. The molecule has 138 valence electrons. The molecule has 1 amide bonds. The number of hydrogen-bond donors (Lipinski definition) is 0. The number of sulfonamides is 1. The van der Waals surface area contributed by atoms with Crippen molar-refractivity contribution in [2.75, 3.05) is 32.8 Å². The number of rotatable bonds is 4. The van der Waals surface area contributed by atoms with Crippen LogP contribution in [-0.2, 0) is 14.8 Å². The molecule has 1 fully saturated rings. The summed E-state index contributed by atoms with van der Waals surface area (Å²) in [5.41, 5.74) is 2.01. The SMILES string of the molecule is CCOC(=O)N1CCN(S(=O)(=O)c2ccc(-c3ccccc3)cc2)CC1. The van der Waals surface area contributed by atoms with Gasteiger partial charge in [0.1, 0.15) is 0 Å². The topological polar surface area (TPSA) is 66.9 Å². The monoisotopic (exact) mass is 374 g/mol. The van der Waals surface area contributed by atoms with Gasteiger partial charge in [0.25, 0.3) is 0 Å². The van der Waals surface area contributed by atoms with Crippen molar-refractivity contribution < 1.29 is 17.9 Å². The third-order valence-electron chi connectivity index (χ3n) is 4.36. The van der Waals surface area contributed by atoms with E-state index < -0.39 is 16.1 Å². The number of nitrogens with zero attached hydrogens (tertiary/aromatic N) is 2. The van der Waals surface area contributed by atoms with Crippen molar-refractivity contribution in [3.05, 3.63) is 54.6 Å². The Morgan fingerprint density at radius 1 is 0.923 bits per heavy atom. The van der Waals surface area contributed by atoms with Crippen LogP contribution in [0.15, 0.2) is 59.5 Å². The van der Waals surface area contributed by atoms with Crippen LogP contribution >= 0.6 is 0 Å². The number of piperazine rings is 1. The number of carbonyl (C=O) groups is 1. The van der Waals surface area contributed by atoms with Crippen LogP contribution in [0.3, 0.4) is 0 Å². The summed E-state index contributed by atoms with van der Waals surface area (Å²) < 4.78 is 32.0. The van der Waals surface area contributed by atoms with Crippen molar-refractivity contribution >= 4 is 16.1 Å². The van der Waals surface area contributed by atoms with Gasteiger partial charge in [-0.05, 0) is 30.2 Å². The minimum Gasteiger partial charge on any atom is -0.450 e. The van der Waals surface area contributed by atoms with Gasteiger partial charge in [-0.1, -0.05) is 42.5 Å². The van der Waals surface area contributed by atoms with Crippen LogP contribution in [0.4, 0.5) is 4.79 Å². The molecule has 0 bridgehead atoms. The van der Waals surface area contributed by atoms with E-state index in [0.717, 1.165) is 11.1 Å². The van der Waals surface area contributed by atoms with Crippen molar-refractivity contribution in [3.63, 3.8) is 0 Å². The molecule has 0 aromatic heterocycles. The van der Waals surface area contributed by atoms with Crippen molar-refractivity contribution in [2.24, 2.45) is 0 Å². The molecule has 1 aliphatic heterocycles. The molecule has 0 N–H and O–H groups in total. The molecule has 6 nitrogen and oxygen atoms in total. The molecule has 7 heteroatoms. The Bertz CT molecular complexity index is 843. The first-order valence-electron chi connectivity index (χ1n) is 8.59. The minimum atomic E-state index is -3.57. The fraction of sp³-hybridized carbons (Fsp3) is 0.316. The van der Waals surface area contributed by atoms with Crippen LogP contribution in [0.5, 0.6) is 0 Å². The van der Waals surface area contributed by atoms with Crippen molar-refractivity contribution in [3.8, 4) is 11.1 Å². The van der Waals surface area contributed by atoms with E-state index in [4.69, 9.17) is 4.74 Å². The van der Waals surface area contributed by atoms with Gasteiger partial charge >= 0.3 is 6.09 Å². The molecule has 1 saturated heterocycles. The van der Waals surface area contributed by atoms with E-state index in [1.165, 1.54) is 9.21 Å². The third kappa shape index (κ3) is 3.89. The Morgan fingerprint density at radius 3 is 2.08 bits per heavy atom. The summed E-state index contributed by atoms with van der Waals surface area (Å²) in [6.45, 7) is 3.26. The second kappa shape index (κ2) is 7.88. The Balaban J connectivity index is 1.70. The largest absolute Gasteiger partial charge is 0.450 e. The molecular formula is C19H22N2O4S. The highest BCUT2D eigenvalue weighted by atomic mass is 32.2. The molecule has 0 unspecified atom stereocenters. The van der Waals surface area contributed by atoms with Crippen LogP contribution in [0.25, 0.3) is 11.1 Å². The molecule has 26 heavy (non-hydrogen) atoms. The van der Waals surface area contributed by atoms with E-state index in [1.807, 2.05) is 42.5 Å². The summed E-state index contributed by atoms with van der Waals surface area (Å²) in [5, 5.41) is 0. The zero-order valence-corrected chi connectivity index (χ0v) is 15.5. The van der Waals surface area contributed by atoms with E-state index in [2.05, 4.69) is 0 Å². The predicted octanol–water partition coefficient (Wildman–Crippen LogP) is 2.82. The van der Waals surface area contributed by atoms with E-state index in [-0.39, 0.29) is 18.0 Å².